The predicted molar refractivity (Wildman–Crippen MR) is 120 cm³/mol. The second kappa shape index (κ2) is 10.6. The quantitative estimate of drug-likeness (QED) is 0.497. The molecule has 0 saturated carbocycles. The van der Waals surface area contributed by atoms with Crippen molar-refractivity contribution in [2.45, 2.75) is 32.1 Å². The van der Waals surface area contributed by atoms with E-state index >= 15 is 0 Å². The van der Waals surface area contributed by atoms with Crippen LogP contribution >= 0.6 is 11.8 Å². The van der Waals surface area contributed by atoms with Crippen LogP contribution in [0, 0.1) is 6.92 Å². The molecule has 2 amide bonds. The molecule has 0 bridgehead atoms. The monoisotopic (exact) mass is 439 g/mol. The van der Waals surface area contributed by atoms with E-state index in [0.29, 0.717) is 34.5 Å². The Morgan fingerprint density at radius 3 is 2.55 bits per heavy atom. The number of carbonyl (C=O) groups is 2. The Balaban J connectivity index is 1.57. The minimum Gasteiger partial charge on any atom is -0.495 e. The van der Waals surface area contributed by atoms with Gasteiger partial charge in [-0.05, 0) is 38.1 Å². The predicted octanol–water partition coefficient (Wildman–Crippen LogP) is 3.28. The van der Waals surface area contributed by atoms with Gasteiger partial charge < -0.3 is 19.9 Å². The molecule has 31 heavy (non-hydrogen) atoms. The molecule has 0 atom stereocenters. The van der Waals surface area contributed by atoms with Gasteiger partial charge >= 0.3 is 0 Å². The smallest absolute Gasteiger partial charge is 0.251 e. The highest BCUT2D eigenvalue weighted by Crippen LogP contribution is 2.24. The Kier molecular flexibility index (Phi) is 7.66. The summed E-state index contributed by atoms with van der Waals surface area (Å²) in [6.07, 6.45) is 0. The number of anilines is 1. The van der Waals surface area contributed by atoms with Crippen LogP contribution in [-0.2, 0) is 17.9 Å². The third-order valence-electron chi connectivity index (χ3n) is 4.54. The summed E-state index contributed by atoms with van der Waals surface area (Å²) in [4.78, 5) is 24.7. The van der Waals surface area contributed by atoms with Gasteiger partial charge in [0.25, 0.3) is 5.91 Å². The zero-order valence-corrected chi connectivity index (χ0v) is 18.5. The molecule has 1 aromatic heterocycles. The summed E-state index contributed by atoms with van der Waals surface area (Å²) in [6.45, 7) is 4.82. The summed E-state index contributed by atoms with van der Waals surface area (Å²) < 4.78 is 7.14. The van der Waals surface area contributed by atoms with Gasteiger partial charge in [-0.25, -0.2) is 0 Å². The molecule has 0 spiro atoms. The summed E-state index contributed by atoms with van der Waals surface area (Å²) in [5.74, 6) is 1.07. The zero-order chi connectivity index (χ0) is 22.2. The highest BCUT2D eigenvalue weighted by molar-refractivity contribution is 7.99. The lowest BCUT2D eigenvalue weighted by atomic mass is 10.1. The number of thioether (sulfide) groups is 1. The Labute approximate surface area is 185 Å². The maximum absolute atomic E-state index is 12.4. The fraction of sp³-hybridized carbons (Fsp3) is 0.273. The van der Waals surface area contributed by atoms with Gasteiger partial charge in [0.2, 0.25) is 5.91 Å². The van der Waals surface area contributed by atoms with E-state index in [9.17, 15) is 9.59 Å². The third kappa shape index (κ3) is 5.85. The summed E-state index contributed by atoms with van der Waals surface area (Å²) in [6, 6.07) is 14.6. The van der Waals surface area contributed by atoms with Crippen LogP contribution < -0.4 is 15.4 Å². The van der Waals surface area contributed by atoms with Crippen LogP contribution in [0.5, 0.6) is 5.75 Å². The number of carbonyl (C=O) groups excluding carboxylic acids is 2. The van der Waals surface area contributed by atoms with Gasteiger partial charge in [-0.1, -0.05) is 41.6 Å². The first-order valence-electron chi connectivity index (χ1n) is 9.84. The molecule has 0 aliphatic heterocycles. The van der Waals surface area contributed by atoms with E-state index in [1.165, 1.54) is 11.8 Å². The second-order valence-corrected chi connectivity index (χ2v) is 7.67. The Morgan fingerprint density at radius 1 is 1.10 bits per heavy atom. The molecule has 0 aliphatic carbocycles. The Bertz CT molecular complexity index is 1050. The lowest BCUT2D eigenvalue weighted by molar-refractivity contribution is -0.113. The van der Waals surface area contributed by atoms with Gasteiger partial charge in [0.15, 0.2) is 11.0 Å². The van der Waals surface area contributed by atoms with E-state index < -0.39 is 0 Å². The van der Waals surface area contributed by atoms with E-state index in [1.54, 1.807) is 31.4 Å². The van der Waals surface area contributed by atoms with Crippen molar-refractivity contribution < 1.29 is 14.3 Å². The SMILES string of the molecule is CCn1c(CNC(=O)c2ccc(C)cc2)nnc1SCC(=O)Nc1ccccc1OC. The molecule has 0 aliphatic rings. The maximum atomic E-state index is 12.4. The lowest BCUT2D eigenvalue weighted by Crippen LogP contribution is -2.24. The Morgan fingerprint density at radius 2 is 1.84 bits per heavy atom. The molecule has 1 heterocycles. The molecule has 2 aromatic carbocycles. The summed E-state index contributed by atoms with van der Waals surface area (Å²) in [5, 5.41) is 14.7. The molecular formula is C22H25N5O3S. The van der Waals surface area contributed by atoms with Crippen molar-refractivity contribution in [3.05, 3.63) is 65.5 Å². The molecule has 2 N–H and O–H groups in total. The van der Waals surface area contributed by atoms with Crippen molar-refractivity contribution >= 4 is 29.3 Å². The molecule has 8 nitrogen and oxygen atoms in total. The van der Waals surface area contributed by atoms with Gasteiger partial charge in [-0.2, -0.15) is 0 Å². The molecule has 0 saturated heterocycles. The van der Waals surface area contributed by atoms with E-state index in [4.69, 9.17) is 4.74 Å². The molecule has 3 aromatic rings. The van der Waals surface area contributed by atoms with Crippen molar-refractivity contribution in [3.63, 3.8) is 0 Å². The zero-order valence-electron chi connectivity index (χ0n) is 17.7. The molecule has 0 fully saturated rings. The normalized spacial score (nSPS) is 10.5. The number of nitrogens with zero attached hydrogens (tertiary/aromatic N) is 3. The second-order valence-electron chi connectivity index (χ2n) is 6.73. The molecule has 0 unspecified atom stereocenters. The molecule has 162 valence electrons. The largest absolute Gasteiger partial charge is 0.495 e. The fourth-order valence-corrected chi connectivity index (χ4v) is 3.73. The number of para-hydroxylation sites is 2. The number of hydrogen-bond donors (Lipinski definition) is 2. The lowest BCUT2D eigenvalue weighted by Gasteiger charge is -2.10. The van der Waals surface area contributed by atoms with Crippen LogP contribution in [0.15, 0.2) is 53.7 Å². The first kappa shape index (κ1) is 22.4. The number of hydrogen-bond acceptors (Lipinski definition) is 6. The number of rotatable bonds is 9. The van der Waals surface area contributed by atoms with Crippen LogP contribution in [0.1, 0.15) is 28.7 Å². The number of ether oxygens (including phenoxy) is 1. The number of aromatic nitrogens is 3. The minimum atomic E-state index is -0.172. The van der Waals surface area contributed by atoms with Crippen molar-refractivity contribution in [3.8, 4) is 5.75 Å². The number of benzene rings is 2. The van der Waals surface area contributed by atoms with E-state index in [0.717, 1.165) is 5.56 Å². The first-order valence-corrected chi connectivity index (χ1v) is 10.8. The van der Waals surface area contributed by atoms with Gasteiger partial charge in [-0.3, -0.25) is 9.59 Å². The third-order valence-corrected chi connectivity index (χ3v) is 5.51. The van der Waals surface area contributed by atoms with Crippen molar-refractivity contribution in [2.75, 3.05) is 18.2 Å². The molecular weight excluding hydrogens is 414 g/mol. The van der Waals surface area contributed by atoms with Gasteiger partial charge in [0.05, 0.1) is 25.1 Å². The van der Waals surface area contributed by atoms with Gasteiger partial charge in [0, 0.05) is 12.1 Å². The number of methoxy groups -OCH3 is 1. The summed E-state index contributed by atoms with van der Waals surface area (Å²) in [5.41, 5.74) is 2.31. The van der Waals surface area contributed by atoms with Crippen LogP contribution in [0.3, 0.4) is 0 Å². The fourth-order valence-electron chi connectivity index (χ4n) is 2.90. The number of amides is 2. The van der Waals surface area contributed by atoms with Crippen molar-refractivity contribution in [1.29, 1.82) is 0 Å². The van der Waals surface area contributed by atoms with E-state index in [2.05, 4.69) is 20.8 Å². The van der Waals surface area contributed by atoms with Gasteiger partial charge in [0.1, 0.15) is 5.75 Å². The van der Waals surface area contributed by atoms with E-state index in [-0.39, 0.29) is 24.1 Å². The number of nitrogens with one attached hydrogen (secondary N) is 2. The van der Waals surface area contributed by atoms with Crippen LogP contribution in [0.4, 0.5) is 5.69 Å². The van der Waals surface area contributed by atoms with Crippen LogP contribution in [-0.4, -0.2) is 39.4 Å². The molecule has 9 heteroatoms. The number of aryl methyl sites for hydroxylation is 1. The summed E-state index contributed by atoms with van der Waals surface area (Å²) >= 11 is 1.29. The topological polar surface area (TPSA) is 98.1 Å². The molecule has 3 rings (SSSR count). The maximum Gasteiger partial charge on any atom is 0.251 e. The van der Waals surface area contributed by atoms with Crippen molar-refractivity contribution in [1.82, 2.24) is 20.1 Å². The standard InChI is InChI=1S/C22H25N5O3S/c1-4-27-19(13-23-21(29)16-11-9-15(2)10-12-16)25-26-22(27)31-14-20(28)24-17-7-5-6-8-18(17)30-3/h5-12H,4,13-14H2,1-3H3,(H,23,29)(H,24,28). The van der Waals surface area contributed by atoms with Crippen LogP contribution in [0.25, 0.3) is 0 Å². The highest BCUT2D eigenvalue weighted by atomic mass is 32.2. The minimum absolute atomic E-state index is 0.170. The first-order chi connectivity index (χ1) is 15.0. The van der Waals surface area contributed by atoms with Crippen molar-refractivity contribution in [2.24, 2.45) is 0 Å². The molecule has 0 radical (unpaired) electrons. The van der Waals surface area contributed by atoms with E-state index in [1.807, 2.05) is 42.7 Å². The van der Waals surface area contributed by atoms with Gasteiger partial charge in [-0.15, -0.1) is 10.2 Å². The average Bonchev–Trinajstić information content (AvgIpc) is 3.18. The van der Waals surface area contributed by atoms with Crippen LogP contribution in [0.2, 0.25) is 0 Å². The Hall–Kier alpha value is -3.33. The average molecular weight is 440 g/mol. The highest BCUT2D eigenvalue weighted by Gasteiger charge is 2.15. The summed E-state index contributed by atoms with van der Waals surface area (Å²) in [7, 11) is 1.56.